The van der Waals surface area contributed by atoms with Gasteiger partial charge in [-0.15, -0.1) is 11.3 Å². The molecule has 1 N–H and O–H groups in total. The van der Waals surface area contributed by atoms with Gasteiger partial charge in [0.1, 0.15) is 5.52 Å². The molecule has 6 nitrogen and oxygen atoms in total. The number of thiazole rings is 1. The van der Waals surface area contributed by atoms with Crippen molar-refractivity contribution in [3.8, 4) is 0 Å². The fourth-order valence-electron chi connectivity index (χ4n) is 1.84. The Kier molecular flexibility index (Phi) is 3.11. The van der Waals surface area contributed by atoms with E-state index in [1.807, 2.05) is 17.3 Å². The van der Waals surface area contributed by atoms with Gasteiger partial charge in [0.2, 0.25) is 0 Å². The maximum atomic E-state index is 10.9. The molecular weight excluding hydrogens is 278 g/mol. The van der Waals surface area contributed by atoms with Gasteiger partial charge in [0.05, 0.1) is 23.3 Å². The monoisotopic (exact) mass is 289 g/mol. The van der Waals surface area contributed by atoms with Gasteiger partial charge < -0.3 is 14.4 Å². The lowest BCUT2D eigenvalue weighted by Gasteiger charge is -2.11. The number of carbonyl (C=O) groups is 1. The number of benzene rings is 1. The van der Waals surface area contributed by atoms with Crippen molar-refractivity contribution < 1.29 is 14.3 Å². The van der Waals surface area contributed by atoms with Crippen LogP contribution in [0.15, 0.2) is 33.5 Å². The number of aromatic nitrogens is 2. The van der Waals surface area contributed by atoms with E-state index >= 15 is 0 Å². The summed E-state index contributed by atoms with van der Waals surface area (Å²) in [5.41, 5.74) is 3.99. The molecule has 0 spiro atoms. The molecular formula is C13H11N3O3S. The van der Waals surface area contributed by atoms with Gasteiger partial charge in [-0.1, -0.05) is 0 Å². The fourth-order valence-corrected chi connectivity index (χ4v) is 2.38. The molecule has 102 valence electrons. The first-order valence-corrected chi connectivity index (χ1v) is 6.80. The standard InChI is InChI=1S/C13H11N3O3S/c1-16(5-9-6-20-7-14-9)13-15-10-3-2-8(12(17)18)4-11(10)19-13/h2-4,6-7H,5H2,1H3,(H,17,18). The SMILES string of the molecule is CN(Cc1cscn1)c1nc2ccc(C(=O)O)cc2o1. The smallest absolute Gasteiger partial charge is 0.335 e. The van der Waals surface area contributed by atoms with E-state index in [1.165, 1.54) is 23.5 Å². The van der Waals surface area contributed by atoms with E-state index in [2.05, 4.69) is 9.97 Å². The Morgan fingerprint density at radius 2 is 2.35 bits per heavy atom. The second-order valence-corrected chi connectivity index (χ2v) is 5.04. The highest BCUT2D eigenvalue weighted by Gasteiger charge is 2.13. The van der Waals surface area contributed by atoms with Crippen molar-refractivity contribution in [3.05, 3.63) is 40.3 Å². The first kappa shape index (κ1) is 12.6. The average Bonchev–Trinajstić information content (AvgIpc) is 3.05. The molecule has 0 radical (unpaired) electrons. The summed E-state index contributed by atoms with van der Waals surface area (Å²) in [5.74, 6) is -0.985. The molecule has 3 aromatic rings. The zero-order chi connectivity index (χ0) is 14.1. The second-order valence-electron chi connectivity index (χ2n) is 4.32. The Morgan fingerprint density at radius 1 is 1.50 bits per heavy atom. The number of anilines is 1. The van der Waals surface area contributed by atoms with Gasteiger partial charge in [-0.05, 0) is 18.2 Å². The van der Waals surface area contributed by atoms with Crippen LogP contribution in [0.1, 0.15) is 16.1 Å². The minimum atomic E-state index is -0.985. The number of fused-ring (bicyclic) bond motifs is 1. The van der Waals surface area contributed by atoms with E-state index in [0.29, 0.717) is 23.7 Å². The van der Waals surface area contributed by atoms with Crippen LogP contribution >= 0.6 is 11.3 Å². The molecule has 2 heterocycles. The van der Waals surface area contributed by atoms with Crippen LogP contribution in [0.25, 0.3) is 11.1 Å². The quantitative estimate of drug-likeness (QED) is 0.795. The van der Waals surface area contributed by atoms with Crippen LogP contribution in [0.5, 0.6) is 0 Å². The molecule has 0 aliphatic carbocycles. The van der Waals surface area contributed by atoms with Gasteiger partial charge in [0, 0.05) is 12.4 Å². The molecule has 0 bridgehead atoms. The highest BCUT2D eigenvalue weighted by molar-refractivity contribution is 7.07. The Labute approximate surface area is 118 Å². The van der Waals surface area contributed by atoms with Crippen LogP contribution in [0.2, 0.25) is 0 Å². The summed E-state index contributed by atoms with van der Waals surface area (Å²) >= 11 is 1.53. The summed E-state index contributed by atoms with van der Waals surface area (Å²) in [7, 11) is 1.85. The van der Waals surface area contributed by atoms with E-state index in [4.69, 9.17) is 9.52 Å². The average molecular weight is 289 g/mol. The number of aromatic carboxylic acids is 1. The Hall–Kier alpha value is -2.41. The largest absolute Gasteiger partial charge is 0.478 e. The zero-order valence-corrected chi connectivity index (χ0v) is 11.4. The van der Waals surface area contributed by atoms with Gasteiger partial charge in [-0.25, -0.2) is 9.78 Å². The maximum Gasteiger partial charge on any atom is 0.335 e. The molecule has 7 heteroatoms. The Morgan fingerprint density at radius 3 is 3.05 bits per heavy atom. The topological polar surface area (TPSA) is 79.5 Å². The summed E-state index contributed by atoms with van der Waals surface area (Å²) < 4.78 is 5.60. The van der Waals surface area contributed by atoms with Crippen molar-refractivity contribution in [1.29, 1.82) is 0 Å². The van der Waals surface area contributed by atoms with Crippen molar-refractivity contribution in [2.45, 2.75) is 6.54 Å². The van der Waals surface area contributed by atoms with Gasteiger partial charge in [-0.3, -0.25) is 0 Å². The third kappa shape index (κ3) is 2.35. The number of nitrogens with zero attached hydrogens (tertiary/aromatic N) is 3. The molecule has 3 rings (SSSR count). The lowest BCUT2D eigenvalue weighted by molar-refractivity contribution is 0.0697. The highest BCUT2D eigenvalue weighted by Crippen LogP contribution is 2.23. The normalized spacial score (nSPS) is 10.8. The summed E-state index contributed by atoms with van der Waals surface area (Å²) in [4.78, 5) is 21.3. The lowest BCUT2D eigenvalue weighted by atomic mass is 10.2. The predicted octanol–water partition coefficient (Wildman–Crippen LogP) is 2.62. The first-order valence-electron chi connectivity index (χ1n) is 5.85. The van der Waals surface area contributed by atoms with E-state index in [-0.39, 0.29) is 5.56 Å². The second kappa shape index (κ2) is 4.93. The molecule has 0 aliphatic rings. The fraction of sp³-hybridized carbons (Fsp3) is 0.154. The van der Waals surface area contributed by atoms with Crippen LogP contribution in [0.3, 0.4) is 0 Å². The van der Waals surface area contributed by atoms with Crippen molar-refractivity contribution in [2.24, 2.45) is 0 Å². The summed E-state index contributed by atoms with van der Waals surface area (Å²) in [6.45, 7) is 0.585. The van der Waals surface area contributed by atoms with E-state index in [1.54, 1.807) is 11.6 Å². The number of hydrogen-bond donors (Lipinski definition) is 1. The number of oxazole rings is 1. The van der Waals surface area contributed by atoms with Crippen molar-refractivity contribution in [1.82, 2.24) is 9.97 Å². The molecule has 2 aromatic heterocycles. The Balaban J connectivity index is 1.90. The molecule has 0 unspecified atom stereocenters. The third-order valence-electron chi connectivity index (χ3n) is 2.83. The van der Waals surface area contributed by atoms with Gasteiger partial charge in [-0.2, -0.15) is 4.98 Å². The lowest BCUT2D eigenvalue weighted by Crippen LogP contribution is -2.16. The van der Waals surface area contributed by atoms with Gasteiger partial charge in [0.25, 0.3) is 6.01 Å². The molecule has 0 saturated heterocycles. The highest BCUT2D eigenvalue weighted by atomic mass is 32.1. The van der Waals surface area contributed by atoms with Crippen molar-refractivity contribution >= 4 is 34.4 Å². The third-order valence-corrected chi connectivity index (χ3v) is 3.47. The van der Waals surface area contributed by atoms with Crippen molar-refractivity contribution in [2.75, 3.05) is 11.9 Å². The number of rotatable bonds is 4. The minimum Gasteiger partial charge on any atom is -0.478 e. The Bertz CT molecular complexity index is 751. The summed E-state index contributed by atoms with van der Waals surface area (Å²) in [5, 5.41) is 10.9. The van der Waals surface area contributed by atoms with Crippen LogP contribution in [0, 0.1) is 0 Å². The summed E-state index contributed by atoms with van der Waals surface area (Å²) in [6, 6.07) is 5.07. The van der Waals surface area contributed by atoms with Gasteiger partial charge >= 0.3 is 5.97 Å². The molecule has 0 atom stereocenters. The summed E-state index contributed by atoms with van der Waals surface area (Å²) in [6.07, 6.45) is 0. The molecule has 20 heavy (non-hydrogen) atoms. The van der Waals surface area contributed by atoms with Crippen LogP contribution in [0.4, 0.5) is 6.01 Å². The maximum absolute atomic E-state index is 10.9. The molecule has 0 aliphatic heterocycles. The van der Waals surface area contributed by atoms with Crippen LogP contribution < -0.4 is 4.90 Å². The molecule has 0 saturated carbocycles. The van der Waals surface area contributed by atoms with Crippen LogP contribution in [-0.4, -0.2) is 28.1 Å². The van der Waals surface area contributed by atoms with Gasteiger partial charge in [0.15, 0.2) is 5.58 Å². The number of carboxylic acids is 1. The number of hydrogen-bond acceptors (Lipinski definition) is 6. The van der Waals surface area contributed by atoms with Crippen LogP contribution in [-0.2, 0) is 6.54 Å². The zero-order valence-electron chi connectivity index (χ0n) is 10.6. The molecule has 0 amide bonds. The molecule has 1 aromatic carbocycles. The number of carboxylic acid groups (broad SMARTS) is 1. The predicted molar refractivity (Wildman–Crippen MR) is 75.2 cm³/mol. The van der Waals surface area contributed by atoms with Crippen molar-refractivity contribution in [3.63, 3.8) is 0 Å². The molecule has 0 fully saturated rings. The van der Waals surface area contributed by atoms with E-state index < -0.39 is 5.97 Å². The minimum absolute atomic E-state index is 0.183. The first-order chi connectivity index (χ1) is 9.63. The van der Waals surface area contributed by atoms with E-state index in [0.717, 1.165) is 5.69 Å². The van der Waals surface area contributed by atoms with E-state index in [9.17, 15) is 4.79 Å².